The SMILES string of the molecule is O=C(O)CCCN(Cc1cc(O)c(O)c(Br)c1Br)C(=O)NC1CCC(=O)N1. The average Bonchev–Trinajstić information content (AvgIpc) is 3.01. The number of carboxylic acid groups (broad SMARTS) is 1. The first-order chi connectivity index (χ1) is 12.7. The lowest BCUT2D eigenvalue weighted by atomic mass is 10.1. The summed E-state index contributed by atoms with van der Waals surface area (Å²) in [7, 11) is 0. The van der Waals surface area contributed by atoms with Gasteiger partial charge in [-0.3, -0.25) is 9.59 Å². The smallest absolute Gasteiger partial charge is 0.319 e. The minimum Gasteiger partial charge on any atom is -0.504 e. The van der Waals surface area contributed by atoms with E-state index in [-0.39, 0.29) is 47.8 Å². The summed E-state index contributed by atoms with van der Waals surface area (Å²) in [5, 5.41) is 33.7. The van der Waals surface area contributed by atoms with Crippen LogP contribution in [0.1, 0.15) is 31.2 Å². The molecule has 1 unspecified atom stereocenters. The molecule has 1 saturated heterocycles. The van der Waals surface area contributed by atoms with E-state index in [1.54, 1.807) is 0 Å². The Morgan fingerprint density at radius 3 is 2.59 bits per heavy atom. The Hall–Kier alpha value is -2.01. The summed E-state index contributed by atoms with van der Waals surface area (Å²) >= 11 is 6.46. The highest BCUT2D eigenvalue weighted by Gasteiger charge is 2.25. The number of aliphatic carboxylic acids is 1. The monoisotopic (exact) mass is 507 g/mol. The molecule has 0 aromatic heterocycles. The van der Waals surface area contributed by atoms with Crippen LogP contribution in [-0.2, 0) is 16.1 Å². The van der Waals surface area contributed by atoms with E-state index in [0.717, 1.165) is 0 Å². The van der Waals surface area contributed by atoms with Crippen LogP contribution < -0.4 is 10.6 Å². The lowest BCUT2D eigenvalue weighted by Gasteiger charge is -2.26. The first kappa shape index (κ1) is 21.3. The zero-order valence-corrected chi connectivity index (χ0v) is 17.3. The number of carboxylic acids is 1. The Labute approximate surface area is 172 Å². The van der Waals surface area contributed by atoms with Gasteiger partial charge in [-0.1, -0.05) is 0 Å². The Balaban J connectivity index is 2.15. The second-order valence-corrected chi connectivity index (χ2v) is 7.64. The van der Waals surface area contributed by atoms with E-state index < -0.39 is 18.2 Å². The van der Waals surface area contributed by atoms with Crippen LogP contribution >= 0.6 is 31.9 Å². The van der Waals surface area contributed by atoms with Gasteiger partial charge >= 0.3 is 12.0 Å². The minimum atomic E-state index is -0.968. The lowest BCUT2D eigenvalue weighted by molar-refractivity contribution is -0.137. The van der Waals surface area contributed by atoms with E-state index in [2.05, 4.69) is 42.5 Å². The van der Waals surface area contributed by atoms with Crippen molar-refractivity contribution >= 4 is 49.8 Å². The van der Waals surface area contributed by atoms with E-state index in [9.17, 15) is 24.6 Å². The topological polar surface area (TPSA) is 139 Å². The standard InChI is InChI=1S/C16H19Br2N3O6/c17-13-8(6-9(22)15(26)14(13)18)7-21(5-1-2-12(24)25)16(27)20-10-3-4-11(23)19-10/h6,10,22,26H,1-5,7H2,(H,19,23)(H,20,27)(H,24,25). The van der Waals surface area contributed by atoms with Gasteiger partial charge in [0.1, 0.15) is 6.17 Å². The number of urea groups is 1. The van der Waals surface area contributed by atoms with Gasteiger partial charge in [-0.15, -0.1) is 0 Å². The molecule has 27 heavy (non-hydrogen) atoms. The van der Waals surface area contributed by atoms with Gasteiger partial charge in [-0.2, -0.15) is 0 Å². The zero-order chi connectivity index (χ0) is 20.1. The molecule has 2 rings (SSSR count). The highest BCUT2D eigenvalue weighted by Crippen LogP contribution is 2.41. The summed E-state index contributed by atoms with van der Waals surface area (Å²) in [6, 6.07) is 0.849. The molecule has 1 aliphatic heterocycles. The number of benzene rings is 1. The molecule has 0 saturated carbocycles. The molecule has 11 heteroatoms. The maximum Gasteiger partial charge on any atom is 0.319 e. The lowest BCUT2D eigenvalue weighted by Crippen LogP contribution is -2.49. The first-order valence-corrected chi connectivity index (χ1v) is 9.73. The average molecular weight is 509 g/mol. The molecule has 5 N–H and O–H groups in total. The molecule has 1 heterocycles. The van der Waals surface area contributed by atoms with Crippen molar-refractivity contribution in [3.05, 3.63) is 20.6 Å². The predicted octanol–water partition coefficient (Wildman–Crippen LogP) is 2.24. The van der Waals surface area contributed by atoms with Crippen molar-refractivity contribution in [3.8, 4) is 11.5 Å². The fraction of sp³-hybridized carbons (Fsp3) is 0.438. The Morgan fingerprint density at radius 2 is 2.00 bits per heavy atom. The van der Waals surface area contributed by atoms with Gasteiger partial charge in [0.05, 0.1) is 4.47 Å². The minimum absolute atomic E-state index is 0.0547. The number of carbonyl (C=O) groups excluding carboxylic acids is 2. The molecule has 0 radical (unpaired) electrons. The van der Waals surface area contributed by atoms with Crippen molar-refractivity contribution in [1.29, 1.82) is 0 Å². The maximum absolute atomic E-state index is 12.6. The number of amides is 3. The van der Waals surface area contributed by atoms with Crippen LogP contribution in [0.25, 0.3) is 0 Å². The van der Waals surface area contributed by atoms with Crippen molar-refractivity contribution in [2.75, 3.05) is 6.54 Å². The number of carbonyl (C=O) groups is 3. The Kier molecular flexibility index (Phi) is 7.31. The molecular formula is C16H19Br2N3O6. The molecule has 148 valence electrons. The number of rotatable bonds is 7. The Morgan fingerprint density at radius 1 is 1.30 bits per heavy atom. The van der Waals surface area contributed by atoms with Gasteiger partial charge in [-0.05, 0) is 56.3 Å². The Bertz CT molecular complexity index is 758. The molecule has 0 aliphatic carbocycles. The van der Waals surface area contributed by atoms with Gasteiger partial charge in [0.25, 0.3) is 0 Å². The summed E-state index contributed by atoms with van der Waals surface area (Å²) in [4.78, 5) is 36.1. The number of phenolic OH excluding ortho intramolecular Hbond substituents is 2. The normalized spacial score (nSPS) is 16.1. The molecule has 1 aromatic carbocycles. The van der Waals surface area contributed by atoms with Crippen LogP contribution in [0, 0.1) is 0 Å². The molecule has 1 fully saturated rings. The van der Waals surface area contributed by atoms with Crippen LogP contribution in [0.15, 0.2) is 15.0 Å². The van der Waals surface area contributed by atoms with E-state index in [1.165, 1.54) is 11.0 Å². The summed E-state index contributed by atoms with van der Waals surface area (Å²) in [6.07, 6.45) is 0.463. The van der Waals surface area contributed by atoms with Crippen molar-refractivity contribution < 1.29 is 29.7 Å². The molecule has 9 nitrogen and oxygen atoms in total. The summed E-state index contributed by atoms with van der Waals surface area (Å²) in [5.74, 6) is -1.80. The molecule has 1 atom stereocenters. The second kappa shape index (κ2) is 9.27. The van der Waals surface area contributed by atoms with Crippen LogP contribution in [0.3, 0.4) is 0 Å². The first-order valence-electron chi connectivity index (χ1n) is 8.14. The van der Waals surface area contributed by atoms with E-state index in [1.807, 2.05) is 0 Å². The number of hydrogen-bond donors (Lipinski definition) is 5. The number of hydrogen-bond acceptors (Lipinski definition) is 5. The van der Waals surface area contributed by atoms with Gasteiger partial charge in [0.15, 0.2) is 11.5 Å². The number of phenols is 2. The van der Waals surface area contributed by atoms with Crippen molar-refractivity contribution in [1.82, 2.24) is 15.5 Å². The summed E-state index contributed by atoms with van der Waals surface area (Å²) in [5.41, 5.74) is 0.512. The fourth-order valence-electron chi connectivity index (χ4n) is 2.61. The van der Waals surface area contributed by atoms with Crippen molar-refractivity contribution in [2.45, 2.75) is 38.4 Å². The van der Waals surface area contributed by atoms with Crippen molar-refractivity contribution in [3.63, 3.8) is 0 Å². The fourth-order valence-corrected chi connectivity index (χ4v) is 3.50. The number of nitrogens with one attached hydrogen (secondary N) is 2. The van der Waals surface area contributed by atoms with Gasteiger partial charge < -0.3 is 30.9 Å². The highest BCUT2D eigenvalue weighted by atomic mass is 79.9. The zero-order valence-electron chi connectivity index (χ0n) is 14.2. The predicted molar refractivity (Wildman–Crippen MR) is 102 cm³/mol. The van der Waals surface area contributed by atoms with Gasteiger partial charge in [-0.25, -0.2) is 4.79 Å². The van der Waals surface area contributed by atoms with E-state index in [4.69, 9.17) is 5.11 Å². The third-order valence-electron chi connectivity index (χ3n) is 4.00. The maximum atomic E-state index is 12.6. The van der Waals surface area contributed by atoms with E-state index >= 15 is 0 Å². The number of halogens is 2. The molecular weight excluding hydrogens is 490 g/mol. The quantitative estimate of drug-likeness (QED) is 0.358. The molecule has 3 amide bonds. The van der Waals surface area contributed by atoms with Crippen LogP contribution in [0.2, 0.25) is 0 Å². The van der Waals surface area contributed by atoms with Crippen LogP contribution in [0.5, 0.6) is 11.5 Å². The highest BCUT2D eigenvalue weighted by molar-refractivity contribution is 9.13. The number of aromatic hydroxyl groups is 2. The van der Waals surface area contributed by atoms with E-state index in [0.29, 0.717) is 22.9 Å². The molecule has 0 bridgehead atoms. The third kappa shape index (κ3) is 5.73. The van der Waals surface area contributed by atoms with Gasteiger partial charge in [0.2, 0.25) is 5.91 Å². The van der Waals surface area contributed by atoms with Crippen LogP contribution in [-0.4, -0.2) is 50.8 Å². The molecule has 1 aliphatic rings. The van der Waals surface area contributed by atoms with Crippen molar-refractivity contribution in [2.24, 2.45) is 0 Å². The second-order valence-electron chi connectivity index (χ2n) is 6.06. The largest absolute Gasteiger partial charge is 0.504 e. The summed E-state index contributed by atoms with van der Waals surface area (Å²) in [6.45, 7) is 0.212. The summed E-state index contributed by atoms with van der Waals surface area (Å²) < 4.78 is 0.703. The molecule has 0 spiro atoms. The molecule has 1 aromatic rings. The van der Waals surface area contributed by atoms with Crippen LogP contribution in [0.4, 0.5) is 4.79 Å². The third-order valence-corrected chi connectivity index (χ3v) is 6.21. The van der Waals surface area contributed by atoms with Gasteiger partial charge in [0, 0.05) is 30.4 Å². The number of nitrogens with zero attached hydrogens (tertiary/aromatic N) is 1.